The molecule has 0 radical (unpaired) electrons. The number of nitrogens with zero attached hydrogens (tertiary/aromatic N) is 4. The maximum absolute atomic E-state index is 13.0. The van der Waals surface area contributed by atoms with Crippen LogP contribution in [0, 0.1) is 11.8 Å². The lowest BCUT2D eigenvalue weighted by molar-refractivity contribution is -0.132. The van der Waals surface area contributed by atoms with E-state index in [1.165, 1.54) is 30.0 Å². The Morgan fingerprint density at radius 2 is 1.84 bits per heavy atom. The van der Waals surface area contributed by atoms with Gasteiger partial charge in [-0.25, -0.2) is 13.4 Å². The van der Waals surface area contributed by atoms with Crippen LogP contribution in [0.15, 0.2) is 23.1 Å². The van der Waals surface area contributed by atoms with Gasteiger partial charge in [0.05, 0.1) is 29.1 Å². The summed E-state index contributed by atoms with van der Waals surface area (Å²) < 4.78 is 34.7. The molecule has 0 unspecified atom stereocenters. The standard InChI is InChI=1S/C23H32N4O4S/c1-25-20-8-7-18(32(29,30)27-11-13-31-14-12-27)15-19(20)24-21(25)9-10-22(28)26(2)23(16-3-4-16)17-5-6-17/h7-8,15-17,23H,3-6,9-14H2,1-2H3. The Hall–Kier alpha value is -1.97. The number of morpholine rings is 1. The first-order valence-electron chi connectivity index (χ1n) is 11.6. The molecular formula is C23H32N4O4S. The van der Waals surface area contributed by atoms with Gasteiger partial charge < -0.3 is 14.2 Å². The van der Waals surface area contributed by atoms with Crippen LogP contribution in [0.1, 0.15) is 37.9 Å². The molecule has 0 atom stereocenters. The van der Waals surface area contributed by atoms with E-state index < -0.39 is 10.0 Å². The van der Waals surface area contributed by atoms with Gasteiger partial charge >= 0.3 is 0 Å². The minimum atomic E-state index is -3.56. The number of hydrogen-bond acceptors (Lipinski definition) is 5. The molecule has 5 rings (SSSR count). The van der Waals surface area contributed by atoms with Crippen molar-refractivity contribution in [1.82, 2.24) is 18.8 Å². The van der Waals surface area contributed by atoms with E-state index >= 15 is 0 Å². The average Bonchev–Trinajstić information content (AvgIpc) is 3.73. The molecule has 9 heteroatoms. The first-order chi connectivity index (χ1) is 15.4. The van der Waals surface area contributed by atoms with E-state index in [4.69, 9.17) is 4.74 Å². The first-order valence-corrected chi connectivity index (χ1v) is 13.1. The van der Waals surface area contributed by atoms with E-state index in [9.17, 15) is 13.2 Å². The molecule has 8 nitrogen and oxygen atoms in total. The number of imidazole rings is 1. The molecule has 2 aliphatic carbocycles. The third kappa shape index (κ3) is 4.18. The third-order valence-electron chi connectivity index (χ3n) is 7.17. The van der Waals surface area contributed by atoms with Crippen molar-refractivity contribution in [3.63, 3.8) is 0 Å². The third-order valence-corrected chi connectivity index (χ3v) is 9.06. The summed E-state index contributed by atoms with van der Waals surface area (Å²) in [5.74, 6) is 2.37. The summed E-state index contributed by atoms with van der Waals surface area (Å²) in [6, 6.07) is 5.51. The summed E-state index contributed by atoms with van der Waals surface area (Å²) in [5.41, 5.74) is 1.52. The first kappa shape index (κ1) is 21.9. The van der Waals surface area contributed by atoms with Crippen molar-refractivity contribution in [3.05, 3.63) is 24.0 Å². The summed E-state index contributed by atoms with van der Waals surface area (Å²) in [4.78, 5) is 19.8. The smallest absolute Gasteiger partial charge is 0.243 e. The quantitative estimate of drug-likeness (QED) is 0.603. The van der Waals surface area contributed by atoms with Crippen LogP contribution in [0.4, 0.5) is 0 Å². The molecule has 0 N–H and O–H groups in total. The number of rotatable bonds is 8. The highest BCUT2D eigenvalue weighted by Crippen LogP contribution is 2.47. The number of ether oxygens (including phenoxy) is 1. The molecule has 1 aliphatic heterocycles. The SMILES string of the molecule is CN(C(=O)CCc1nc2cc(S(=O)(=O)N3CCOCC3)ccc2n1C)C(C1CC1)C1CC1. The summed E-state index contributed by atoms with van der Waals surface area (Å²) >= 11 is 0. The molecule has 0 bridgehead atoms. The average molecular weight is 461 g/mol. The molecule has 1 saturated heterocycles. The van der Waals surface area contributed by atoms with E-state index in [-0.39, 0.29) is 10.8 Å². The second-order valence-electron chi connectivity index (χ2n) is 9.42. The van der Waals surface area contributed by atoms with Crippen LogP contribution in [0.3, 0.4) is 0 Å². The molecule has 1 aromatic carbocycles. The van der Waals surface area contributed by atoms with Crippen molar-refractivity contribution in [2.45, 2.75) is 49.5 Å². The number of sulfonamides is 1. The van der Waals surface area contributed by atoms with Gasteiger partial charge in [0.1, 0.15) is 5.82 Å². The van der Waals surface area contributed by atoms with Crippen molar-refractivity contribution in [2.24, 2.45) is 18.9 Å². The van der Waals surface area contributed by atoms with Crippen molar-refractivity contribution in [3.8, 4) is 0 Å². The predicted molar refractivity (Wildman–Crippen MR) is 121 cm³/mol. The number of hydrogen-bond donors (Lipinski definition) is 0. The number of aromatic nitrogens is 2. The van der Waals surface area contributed by atoms with Crippen LogP contribution in [-0.4, -0.2) is 72.5 Å². The van der Waals surface area contributed by atoms with Crippen molar-refractivity contribution in [1.29, 1.82) is 0 Å². The molecule has 1 aromatic heterocycles. The second kappa shape index (κ2) is 8.43. The minimum absolute atomic E-state index is 0.177. The molecule has 174 valence electrons. The molecular weight excluding hydrogens is 428 g/mol. The largest absolute Gasteiger partial charge is 0.379 e. The number of carbonyl (C=O) groups excluding carboxylic acids is 1. The van der Waals surface area contributed by atoms with Crippen LogP contribution >= 0.6 is 0 Å². The Labute approximate surface area is 189 Å². The van der Waals surface area contributed by atoms with Crippen molar-refractivity contribution in [2.75, 3.05) is 33.4 Å². The van der Waals surface area contributed by atoms with Gasteiger partial charge in [-0.05, 0) is 55.7 Å². The number of aryl methyl sites for hydroxylation is 2. The molecule has 3 aliphatic rings. The van der Waals surface area contributed by atoms with Crippen LogP contribution in [-0.2, 0) is 33.0 Å². The summed E-state index contributed by atoms with van der Waals surface area (Å²) in [6.45, 7) is 1.57. The Balaban J connectivity index is 1.30. The van der Waals surface area contributed by atoms with Gasteiger partial charge in [-0.2, -0.15) is 4.31 Å². The molecule has 0 spiro atoms. The van der Waals surface area contributed by atoms with Gasteiger partial charge in [-0.15, -0.1) is 0 Å². The van der Waals surface area contributed by atoms with Crippen molar-refractivity contribution < 1.29 is 17.9 Å². The predicted octanol–water partition coefficient (Wildman–Crippen LogP) is 2.17. The number of amides is 1. The lowest BCUT2D eigenvalue weighted by Gasteiger charge is -2.28. The monoisotopic (exact) mass is 460 g/mol. The number of carbonyl (C=O) groups is 1. The van der Waals surface area contributed by atoms with Gasteiger partial charge in [0.25, 0.3) is 0 Å². The van der Waals surface area contributed by atoms with E-state index in [1.807, 2.05) is 29.6 Å². The highest BCUT2D eigenvalue weighted by atomic mass is 32.2. The number of fused-ring (bicyclic) bond motifs is 1. The minimum Gasteiger partial charge on any atom is -0.379 e. The Kier molecular flexibility index (Phi) is 5.75. The van der Waals surface area contributed by atoms with Crippen LogP contribution in [0.2, 0.25) is 0 Å². The van der Waals surface area contributed by atoms with E-state index in [1.54, 1.807) is 12.1 Å². The summed E-state index contributed by atoms with van der Waals surface area (Å²) in [5, 5.41) is 0. The topological polar surface area (TPSA) is 84.7 Å². The van der Waals surface area contributed by atoms with Gasteiger partial charge in [0.2, 0.25) is 15.9 Å². The Morgan fingerprint density at radius 1 is 1.19 bits per heavy atom. The van der Waals surface area contributed by atoms with E-state index in [0.29, 0.717) is 62.5 Å². The zero-order chi connectivity index (χ0) is 22.5. The fourth-order valence-corrected chi connectivity index (χ4v) is 6.43. The molecule has 2 saturated carbocycles. The lowest BCUT2D eigenvalue weighted by Crippen LogP contribution is -2.40. The normalized spacial score (nSPS) is 20.2. The van der Waals surface area contributed by atoms with E-state index in [0.717, 1.165) is 11.3 Å². The fourth-order valence-electron chi connectivity index (χ4n) is 5.00. The summed E-state index contributed by atoms with van der Waals surface area (Å²) in [6.07, 6.45) is 5.96. The highest BCUT2D eigenvalue weighted by Gasteiger charge is 2.44. The van der Waals surface area contributed by atoms with Gasteiger partial charge in [-0.3, -0.25) is 4.79 Å². The zero-order valence-electron chi connectivity index (χ0n) is 18.9. The zero-order valence-corrected chi connectivity index (χ0v) is 19.7. The molecule has 2 heterocycles. The molecule has 3 fully saturated rings. The highest BCUT2D eigenvalue weighted by molar-refractivity contribution is 7.89. The maximum Gasteiger partial charge on any atom is 0.243 e. The fraction of sp³-hybridized carbons (Fsp3) is 0.652. The molecule has 32 heavy (non-hydrogen) atoms. The van der Waals surface area contributed by atoms with Crippen LogP contribution < -0.4 is 0 Å². The van der Waals surface area contributed by atoms with Gasteiger partial charge in [0, 0.05) is 46.1 Å². The molecule has 1 amide bonds. The summed E-state index contributed by atoms with van der Waals surface area (Å²) in [7, 11) is 0.318. The van der Waals surface area contributed by atoms with Crippen molar-refractivity contribution >= 4 is 27.0 Å². The number of benzene rings is 1. The van der Waals surface area contributed by atoms with Crippen LogP contribution in [0.5, 0.6) is 0 Å². The van der Waals surface area contributed by atoms with E-state index in [2.05, 4.69) is 4.98 Å². The second-order valence-corrected chi connectivity index (χ2v) is 11.4. The maximum atomic E-state index is 13.0. The van der Waals surface area contributed by atoms with Gasteiger partial charge in [-0.1, -0.05) is 0 Å². The Bertz CT molecular complexity index is 1100. The lowest BCUT2D eigenvalue weighted by atomic mass is 10.1. The van der Waals surface area contributed by atoms with Crippen LogP contribution in [0.25, 0.3) is 11.0 Å². The molecule has 2 aromatic rings. The Morgan fingerprint density at radius 3 is 2.47 bits per heavy atom. The van der Waals surface area contributed by atoms with Gasteiger partial charge in [0.15, 0.2) is 0 Å².